The van der Waals surface area contributed by atoms with Crippen LogP contribution in [0.1, 0.15) is 19.4 Å². The van der Waals surface area contributed by atoms with Gasteiger partial charge in [-0.3, -0.25) is 0 Å². The second-order valence-corrected chi connectivity index (χ2v) is 4.69. The molecule has 0 aliphatic rings. The molecule has 0 N–H and O–H groups in total. The van der Waals surface area contributed by atoms with Crippen LogP contribution in [0.25, 0.3) is 0 Å². The Morgan fingerprint density at radius 3 is 2.70 bits per heavy atom. The molecule has 3 nitrogen and oxygen atoms in total. The molecule has 0 aliphatic heterocycles. The van der Waals surface area contributed by atoms with Crippen molar-refractivity contribution >= 4 is 0 Å². The topological polar surface area (TPSA) is 21.7 Å². The Balaban J connectivity index is 2.24. The summed E-state index contributed by atoms with van der Waals surface area (Å²) in [5.74, 6) is 0.372. The molecular formula is C17H25NO2. The molecule has 0 aliphatic carbocycles. The van der Waals surface area contributed by atoms with Gasteiger partial charge in [0.05, 0.1) is 19.5 Å². The van der Waals surface area contributed by atoms with Gasteiger partial charge in [0.1, 0.15) is 0 Å². The third kappa shape index (κ3) is 7.00. The minimum absolute atomic E-state index is 0.372. The van der Waals surface area contributed by atoms with Crippen LogP contribution in [-0.2, 0) is 16.1 Å². The summed E-state index contributed by atoms with van der Waals surface area (Å²) in [7, 11) is 0. The Labute approximate surface area is 122 Å². The minimum atomic E-state index is 0.372. The van der Waals surface area contributed by atoms with Crippen LogP contribution in [0.15, 0.2) is 55.4 Å². The second-order valence-electron chi connectivity index (χ2n) is 4.69. The highest BCUT2D eigenvalue weighted by molar-refractivity contribution is 5.13. The average Bonchev–Trinajstić information content (AvgIpc) is 2.48. The van der Waals surface area contributed by atoms with Crippen LogP contribution in [0.4, 0.5) is 0 Å². The van der Waals surface area contributed by atoms with Crippen LogP contribution >= 0.6 is 0 Å². The Morgan fingerprint density at radius 2 is 2.05 bits per heavy atom. The molecule has 0 saturated carbocycles. The van der Waals surface area contributed by atoms with Crippen LogP contribution < -0.4 is 0 Å². The third-order valence-corrected chi connectivity index (χ3v) is 2.88. The average molecular weight is 275 g/mol. The number of hydrogen-bond acceptors (Lipinski definition) is 3. The van der Waals surface area contributed by atoms with Gasteiger partial charge in [-0.2, -0.15) is 0 Å². The fourth-order valence-corrected chi connectivity index (χ4v) is 1.65. The first-order valence-corrected chi connectivity index (χ1v) is 7.02. The van der Waals surface area contributed by atoms with Crippen LogP contribution in [-0.4, -0.2) is 24.8 Å². The van der Waals surface area contributed by atoms with Gasteiger partial charge in [0, 0.05) is 6.54 Å². The summed E-state index contributed by atoms with van der Waals surface area (Å²) in [5.41, 5.74) is 1.21. The number of benzene rings is 1. The monoisotopic (exact) mass is 275 g/mol. The molecule has 0 amide bonds. The molecule has 0 aromatic heterocycles. The third-order valence-electron chi connectivity index (χ3n) is 2.88. The molecule has 0 radical (unpaired) electrons. The van der Waals surface area contributed by atoms with Crippen molar-refractivity contribution in [3.63, 3.8) is 0 Å². The number of nitrogens with zero attached hydrogens (tertiary/aromatic N) is 1. The van der Waals surface area contributed by atoms with E-state index in [1.165, 1.54) is 11.8 Å². The molecule has 0 fully saturated rings. The van der Waals surface area contributed by atoms with Crippen molar-refractivity contribution in [2.45, 2.75) is 20.5 Å². The number of hydrogen-bond donors (Lipinski definition) is 0. The van der Waals surface area contributed by atoms with E-state index in [-0.39, 0.29) is 0 Å². The summed E-state index contributed by atoms with van der Waals surface area (Å²) in [4.78, 5) is 2.08. The van der Waals surface area contributed by atoms with Crippen LogP contribution in [0, 0.1) is 5.92 Å². The lowest BCUT2D eigenvalue weighted by Gasteiger charge is -2.18. The molecule has 1 rings (SSSR count). The summed E-state index contributed by atoms with van der Waals surface area (Å²) in [6, 6.07) is 10.2. The Kier molecular flexibility index (Phi) is 8.24. The predicted octanol–water partition coefficient (Wildman–Crippen LogP) is 3.79. The smallest absolute Gasteiger partial charge is 0.160 e. The molecule has 1 aromatic carbocycles. The van der Waals surface area contributed by atoms with E-state index in [2.05, 4.69) is 49.7 Å². The molecule has 0 heterocycles. The van der Waals surface area contributed by atoms with Crippen molar-refractivity contribution in [1.29, 1.82) is 0 Å². The lowest BCUT2D eigenvalue weighted by atomic mass is 10.2. The van der Waals surface area contributed by atoms with Crippen LogP contribution in [0.3, 0.4) is 0 Å². The molecule has 0 unspecified atom stereocenters. The lowest BCUT2D eigenvalue weighted by molar-refractivity contribution is 0.102. The molecular weight excluding hydrogens is 250 g/mol. The van der Waals surface area contributed by atoms with Gasteiger partial charge in [0.2, 0.25) is 0 Å². The van der Waals surface area contributed by atoms with Crippen molar-refractivity contribution in [3.05, 3.63) is 61.0 Å². The number of ether oxygens (including phenoxy) is 2. The standard InChI is InChI=1S/C17H25NO2/c1-4-18(15-19-5-2)12-11-16(3)13-20-14-17-9-7-6-8-10-17/h5-12,16H,2,4,13-15H2,1,3H3/b12-11+/t16-/m1/s1. The zero-order valence-electron chi connectivity index (χ0n) is 12.5. The largest absolute Gasteiger partial charge is 0.481 e. The highest BCUT2D eigenvalue weighted by atomic mass is 16.5. The van der Waals surface area contributed by atoms with Crippen molar-refractivity contribution < 1.29 is 9.47 Å². The predicted molar refractivity (Wildman–Crippen MR) is 82.9 cm³/mol. The van der Waals surface area contributed by atoms with Gasteiger partial charge >= 0.3 is 0 Å². The molecule has 0 saturated heterocycles. The molecule has 0 spiro atoms. The molecule has 0 bridgehead atoms. The fourth-order valence-electron chi connectivity index (χ4n) is 1.65. The molecule has 1 atom stereocenters. The van der Waals surface area contributed by atoms with Crippen molar-refractivity contribution in [2.24, 2.45) is 5.92 Å². The highest BCUT2D eigenvalue weighted by Gasteiger charge is 2.00. The maximum atomic E-state index is 5.71. The van der Waals surface area contributed by atoms with Crippen LogP contribution in [0.2, 0.25) is 0 Å². The minimum Gasteiger partial charge on any atom is -0.481 e. The summed E-state index contributed by atoms with van der Waals surface area (Å²) < 4.78 is 10.9. The summed E-state index contributed by atoms with van der Waals surface area (Å²) in [5, 5.41) is 0. The summed E-state index contributed by atoms with van der Waals surface area (Å²) >= 11 is 0. The van der Waals surface area contributed by atoms with Gasteiger partial charge in [-0.05, 0) is 24.6 Å². The molecule has 110 valence electrons. The molecule has 20 heavy (non-hydrogen) atoms. The quantitative estimate of drug-likeness (QED) is 0.479. The van der Waals surface area contributed by atoms with E-state index >= 15 is 0 Å². The van der Waals surface area contributed by atoms with Crippen LogP contribution in [0.5, 0.6) is 0 Å². The van der Waals surface area contributed by atoms with Gasteiger partial charge in [-0.25, -0.2) is 0 Å². The summed E-state index contributed by atoms with van der Waals surface area (Å²) in [6.07, 6.45) is 5.66. The normalized spacial score (nSPS) is 12.3. The SMILES string of the molecule is C=COCN(/C=C/[C@@H](C)COCc1ccccc1)CC. The Bertz CT molecular complexity index is 389. The highest BCUT2D eigenvalue weighted by Crippen LogP contribution is 2.05. The maximum Gasteiger partial charge on any atom is 0.160 e. The van der Waals surface area contributed by atoms with E-state index in [1.807, 2.05) is 18.2 Å². The van der Waals surface area contributed by atoms with Gasteiger partial charge in [0.15, 0.2) is 6.73 Å². The van der Waals surface area contributed by atoms with Crippen molar-refractivity contribution in [3.8, 4) is 0 Å². The zero-order chi connectivity index (χ0) is 14.6. The van der Waals surface area contributed by atoms with E-state index in [0.717, 1.165) is 6.54 Å². The lowest BCUT2D eigenvalue weighted by Crippen LogP contribution is -2.19. The Morgan fingerprint density at radius 1 is 1.30 bits per heavy atom. The Hall–Kier alpha value is -1.74. The van der Waals surface area contributed by atoms with Crippen molar-refractivity contribution in [2.75, 3.05) is 19.9 Å². The van der Waals surface area contributed by atoms with E-state index in [9.17, 15) is 0 Å². The maximum absolute atomic E-state index is 5.71. The number of rotatable bonds is 10. The first kappa shape index (κ1) is 16.3. The first-order valence-electron chi connectivity index (χ1n) is 7.02. The van der Waals surface area contributed by atoms with Gasteiger partial charge in [0.25, 0.3) is 0 Å². The van der Waals surface area contributed by atoms with E-state index < -0.39 is 0 Å². The van der Waals surface area contributed by atoms with E-state index in [4.69, 9.17) is 9.47 Å². The molecule has 1 aromatic rings. The summed E-state index contributed by atoms with van der Waals surface area (Å²) in [6.45, 7) is 10.6. The van der Waals surface area contributed by atoms with Gasteiger partial charge < -0.3 is 14.4 Å². The van der Waals surface area contributed by atoms with Gasteiger partial charge in [-0.15, -0.1) is 0 Å². The first-order chi connectivity index (χ1) is 9.76. The fraction of sp³-hybridized carbons (Fsp3) is 0.412. The van der Waals surface area contributed by atoms with E-state index in [1.54, 1.807) is 0 Å². The zero-order valence-corrected chi connectivity index (χ0v) is 12.5. The van der Waals surface area contributed by atoms with Gasteiger partial charge in [-0.1, -0.05) is 49.9 Å². The van der Waals surface area contributed by atoms with Crippen molar-refractivity contribution in [1.82, 2.24) is 4.90 Å². The molecule has 3 heteroatoms. The second kappa shape index (κ2) is 10.1. The van der Waals surface area contributed by atoms with E-state index in [0.29, 0.717) is 25.9 Å².